The Labute approximate surface area is 115 Å². The van der Waals surface area contributed by atoms with Crippen molar-refractivity contribution in [2.45, 2.75) is 12.8 Å². The van der Waals surface area contributed by atoms with E-state index in [2.05, 4.69) is 0 Å². The predicted molar refractivity (Wildman–Crippen MR) is 69.4 cm³/mol. The lowest BCUT2D eigenvalue weighted by molar-refractivity contribution is -0.143. The number of benzene rings is 1. The van der Waals surface area contributed by atoms with Crippen molar-refractivity contribution in [1.82, 2.24) is 4.90 Å². The number of piperidine rings is 1. The molecule has 1 aromatic rings. The molecular weight excluding hydrogens is 270 g/mol. The summed E-state index contributed by atoms with van der Waals surface area (Å²) >= 11 is 5.71. The Morgan fingerprint density at radius 1 is 1.26 bits per heavy atom. The Hall–Kier alpha value is -1.75. The molecule has 0 spiro atoms. The van der Waals surface area contributed by atoms with Crippen LogP contribution >= 0.6 is 11.6 Å². The molecule has 0 saturated carbocycles. The second kappa shape index (κ2) is 5.48. The number of carboxylic acids is 1. The van der Waals surface area contributed by atoms with Crippen LogP contribution in [0.1, 0.15) is 23.2 Å². The summed E-state index contributed by atoms with van der Waals surface area (Å²) in [7, 11) is 0. The lowest BCUT2D eigenvalue weighted by Crippen LogP contribution is -2.40. The third kappa shape index (κ3) is 2.98. The van der Waals surface area contributed by atoms with Gasteiger partial charge in [-0.15, -0.1) is 0 Å². The minimum Gasteiger partial charge on any atom is -0.507 e. The van der Waals surface area contributed by atoms with Gasteiger partial charge in [0.1, 0.15) is 5.75 Å². The lowest BCUT2D eigenvalue weighted by atomic mass is 9.96. The first kappa shape index (κ1) is 13.7. The van der Waals surface area contributed by atoms with E-state index in [1.54, 1.807) is 11.0 Å². The van der Waals surface area contributed by atoms with Crippen LogP contribution in [0, 0.1) is 5.92 Å². The number of hydrogen-bond donors (Lipinski definition) is 2. The van der Waals surface area contributed by atoms with Crippen molar-refractivity contribution in [3.63, 3.8) is 0 Å². The molecule has 0 unspecified atom stereocenters. The maximum atomic E-state index is 12.2. The van der Waals surface area contributed by atoms with Crippen molar-refractivity contribution in [1.29, 1.82) is 0 Å². The molecule has 0 atom stereocenters. The molecule has 0 aromatic heterocycles. The van der Waals surface area contributed by atoms with Gasteiger partial charge in [0.15, 0.2) is 0 Å². The highest BCUT2D eigenvalue weighted by Gasteiger charge is 2.28. The molecular formula is C13H14ClNO4. The van der Waals surface area contributed by atoms with Gasteiger partial charge in [0.2, 0.25) is 0 Å². The standard InChI is InChI=1S/C13H14ClNO4/c14-9-1-2-10(11(16)7-9)12(17)15-5-3-8(4-6-15)13(18)19/h1-2,7-8,16H,3-6H2,(H,18,19). The van der Waals surface area contributed by atoms with Crippen LogP contribution in [0.25, 0.3) is 0 Å². The Bertz CT molecular complexity index is 509. The van der Waals surface area contributed by atoms with Crippen molar-refractivity contribution in [3.05, 3.63) is 28.8 Å². The molecule has 0 aliphatic carbocycles. The summed E-state index contributed by atoms with van der Waals surface area (Å²) in [4.78, 5) is 24.6. The number of aromatic hydroxyl groups is 1. The quantitative estimate of drug-likeness (QED) is 0.870. The van der Waals surface area contributed by atoms with Crippen LogP contribution in [-0.2, 0) is 4.79 Å². The van der Waals surface area contributed by atoms with Gasteiger partial charge in [-0.3, -0.25) is 9.59 Å². The van der Waals surface area contributed by atoms with Crippen LogP contribution in [0.15, 0.2) is 18.2 Å². The smallest absolute Gasteiger partial charge is 0.306 e. The highest BCUT2D eigenvalue weighted by atomic mass is 35.5. The van der Waals surface area contributed by atoms with Gasteiger partial charge in [0, 0.05) is 18.1 Å². The van der Waals surface area contributed by atoms with Gasteiger partial charge in [0.05, 0.1) is 11.5 Å². The summed E-state index contributed by atoms with van der Waals surface area (Å²) in [6, 6.07) is 4.33. The van der Waals surface area contributed by atoms with E-state index in [9.17, 15) is 14.7 Å². The van der Waals surface area contributed by atoms with E-state index in [0.717, 1.165) is 0 Å². The first-order valence-corrected chi connectivity index (χ1v) is 6.37. The highest BCUT2D eigenvalue weighted by Crippen LogP contribution is 2.25. The van der Waals surface area contributed by atoms with E-state index in [1.165, 1.54) is 12.1 Å². The average molecular weight is 284 g/mol. The van der Waals surface area contributed by atoms with Crippen LogP contribution in [0.3, 0.4) is 0 Å². The minimum absolute atomic E-state index is 0.155. The van der Waals surface area contributed by atoms with Crippen molar-refractivity contribution in [2.75, 3.05) is 13.1 Å². The zero-order valence-electron chi connectivity index (χ0n) is 10.2. The molecule has 5 nitrogen and oxygen atoms in total. The number of rotatable bonds is 2. The van der Waals surface area contributed by atoms with E-state index in [1.807, 2.05) is 0 Å². The molecule has 1 saturated heterocycles. The van der Waals surface area contributed by atoms with Gasteiger partial charge in [-0.25, -0.2) is 0 Å². The Morgan fingerprint density at radius 3 is 2.42 bits per heavy atom. The molecule has 102 valence electrons. The molecule has 6 heteroatoms. The fourth-order valence-electron chi connectivity index (χ4n) is 2.19. The molecule has 0 radical (unpaired) electrons. The number of carboxylic acid groups (broad SMARTS) is 1. The van der Waals surface area contributed by atoms with Crippen LogP contribution in [-0.4, -0.2) is 40.1 Å². The van der Waals surface area contributed by atoms with Crippen molar-refractivity contribution in [2.24, 2.45) is 5.92 Å². The number of nitrogens with zero attached hydrogens (tertiary/aromatic N) is 1. The molecule has 1 aliphatic rings. The molecule has 19 heavy (non-hydrogen) atoms. The van der Waals surface area contributed by atoms with Crippen LogP contribution in [0.2, 0.25) is 5.02 Å². The normalized spacial score (nSPS) is 16.4. The number of aliphatic carboxylic acids is 1. The van der Waals surface area contributed by atoms with Gasteiger partial charge < -0.3 is 15.1 Å². The predicted octanol–water partition coefficient (Wildman–Crippen LogP) is 1.98. The lowest BCUT2D eigenvalue weighted by Gasteiger charge is -2.30. The number of amides is 1. The number of halogens is 1. The maximum Gasteiger partial charge on any atom is 0.306 e. The minimum atomic E-state index is -0.818. The summed E-state index contributed by atoms with van der Waals surface area (Å²) in [6.07, 6.45) is 0.880. The van der Waals surface area contributed by atoms with E-state index < -0.39 is 5.97 Å². The van der Waals surface area contributed by atoms with Gasteiger partial charge >= 0.3 is 5.97 Å². The van der Waals surface area contributed by atoms with E-state index in [4.69, 9.17) is 16.7 Å². The van der Waals surface area contributed by atoms with Crippen LogP contribution in [0.4, 0.5) is 0 Å². The van der Waals surface area contributed by atoms with Crippen molar-refractivity contribution < 1.29 is 19.8 Å². The second-order valence-electron chi connectivity index (χ2n) is 4.57. The number of phenols is 1. The van der Waals surface area contributed by atoms with Crippen molar-refractivity contribution in [3.8, 4) is 5.75 Å². The van der Waals surface area contributed by atoms with Gasteiger partial charge in [-0.05, 0) is 31.0 Å². The second-order valence-corrected chi connectivity index (χ2v) is 5.00. The SMILES string of the molecule is O=C(O)C1CCN(C(=O)c2ccc(Cl)cc2O)CC1. The molecule has 2 rings (SSSR count). The zero-order chi connectivity index (χ0) is 14.0. The zero-order valence-corrected chi connectivity index (χ0v) is 10.9. The monoisotopic (exact) mass is 283 g/mol. The topological polar surface area (TPSA) is 77.8 Å². The summed E-state index contributed by atoms with van der Waals surface area (Å²) < 4.78 is 0. The molecule has 1 aromatic carbocycles. The van der Waals surface area contributed by atoms with Crippen LogP contribution in [0.5, 0.6) is 5.75 Å². The largest absolute Gasteiger partial charge is 0.507 e. The molecule has 1 heterocycles. The Morgan fingerprint density at radius 2 is 1.89 bits per heavy atom. The first-order chi connectivity index (χ1) is 8.99. The number of hydrogen-bond acceptors (Lipinski definition) is 3. The number of carbonyl (C=O) groups is 2. The van der Waals surface area contributed by atoms with Gasteiger partial charge in [0.25, 0.3) is 5.91 Å². The third-order valence-corrected chi connectivity index (χ3v) is 3.56. The average Bonchev–Trinajstić information content (AvgIpc) is 2.38. The first-order valence-electron chi connectivity index (χ1n) is 5.99. The molecule has 1 fully saturated rings. The number of carbonyl (C=O) groups excluding carboxylic acids is 1. The number of likely N-dealkylation sites (tertiary alicyclic amines) is 1. The summed E-state index contributed by atoms with van der Waals surface area (Å²) in [5, 5.41) is 19.0. The van der Waals surface area contributed by atoms with Gasteiger partial charge in [-0.2, -0.15) is 0 Å². The number of phenolic OH excluding ortho intramolecular Hbond substituents is 1. The Kier molecular flexibility index (Phi) is 3.95. The Balaban J connectivity index is 2.07. The molecule has 1 aliphatic heterocycles. The highest BCUT2D eigenvalue weighted by molar-refractivity contribution is 6.30. The fraction of sp³-hybridized carbons (Fsp3) is 0.385. The summed E-state index contributed by atoms with van der Waals surface area (Å²) in [6.45, 7) is 0.774. The van der Waals surface area contributed by atoms with E-state index in [0.29, 0.717) is 31.0 Å². The van der Waals surface area contributed by atoms with Crippen molar-refractivity contribution >= 4 is 23.5 Å². The molecule has 2 N–H and O–H groups in total. The summed E-state index contributed by atoms with van der Waals surface area (Å²) in [5.74, 6) is -1.65. The van der Waals surface area contributed by atoms with Gasteiger partial charge in [-0.1, -0.05) is 11.6 Å². The van der Waals surface area contributed by atoms with E-state index >= 15 is 0 Å². The molecule has 1 amide bonds. The summed E-state index contributed by atoms with van der Waals surface area (Å²) in [5.41, 5.74) is 0.193. The fourth-order valence-corrected chi connectivity index (χ4v) is 2.35. The third-order valence-electron chi connectivity index (χ3n) is 3.32. The van der Waals surface area contributed by atoms with Crippen LogP contribution < -0.4 is 0 Å². The molecule has 0 bridgehead atoms. The maximum absolute atomic E-state index is 12.2. The van der Waals surface area contributed by atoms with E-state index in [-0.39, 0.29) is 23.1 Å².